The molecule has 0 radical (unpaired) electrons. The first-order valence-electron chi connectivity index (χ1n) is 5.61. The molecule has 1 rings (SSSR count). The van der Waals surface area contributed by atoms with E-state index in [1.165, 1.54) is 19.3 Å². The van der Waals surface area contributed by atoms with E-state index in [1.807, 2.05) is 0 Å². The zero-order chi connectivity index (χ0) is 10.4. The van der Waals surface area contributed by atoms with Gasteiger partial charge in [0.1, 0.15) is 0 Å². The molecule has 0 amide bonds. The minimum absolute atomic E-state index is 0.00347. The van der Waals surface area contributed by atoms with Gasteiger partial charge in [0.15, 0.2) is 0 Å². The summed E-state index contributed by atoms with van der Waals surface area (Å²) in [5.41, 5.74) is 0. The van der Waals surface area contributed by atoms with E-state index in [4.69, 9.17) is 4.52 Å². The van der Waals surface area contributed by atoms with Crippen molar-refractivity contribution in [3.63, 3.8) is 0 Å². The van der Waals surface area contributed by atoms with Crippen LogP contribution >= 0.6 is 7.68 Å². The molecule has 0 heterocycles. The zero-order valence-electron chi connectivity index (χ0n) is 8.88. The summed E-state index contributed by atoms with van der Waals surface area (Å²) in [5, 5.41) is 0. The summed E-state index contributed by atoms with van der Waals surface area (Å²) in [6, 6.07) is 0. The van der Waals surface area contributed by atoms with E-state index in [9.17, 15) is 8.76 Å². The highest BCUT2D eigenvalue weighted by Crippen LogP contribution is 2.50. The molecule has 1 unspecified atom stereocenters. The van der Waals surface area contributed by atoms with E-state index in [-0.39, 0.29) is 12.3 Å². The van der Waals surface area contributed by atoms with Gasteiger partial charge in [0, 0.05) is 0 Å². The van der Waals surface area contributed by atoms with Gasteiger partial charge >= 0.3 is 7.68 Å². The Balaban J connectivity index is 2.37. The molecular weight excluding hydrogens is 202 g/mol. The Morgan fingerprint density at radius 1 is 1.21 bits per heavy atom. The molecule has 2 nitrogen and oxygen atoms in total. The normalized spacial score (nSPS) is 25.0. The van der Waals surface area contributed by atoms with Crippen molar-refractivity contribution in [3.05, 3.63) is 0 Å². The summed E-state index contributed by atoms with van der Waals surface area (Å²) in [7, 11) is -3.78. The highest BCUT2D eigenvalue weighted by atomic mass is 31.2. The maximum absolute atomic E-state index is 13.2. The van der Waals surface area contributed by atoms with Crippen LogP contribution in [0, 0.1) is 0 Å². The molecule has 4 heteroatoms. The lowest BCUT2D eigenvalue weighted by molar-refractivity contribution is 0.157. The Morgan fingerprint density at radius 2 is 1.71 bits per heavy atom. The summed E-state index contributed by atoms with van der Waals surface area (Å²) in [4.78, 5) is 0. The van der Waals surface area contributed by atoms with Crippen LogP contribution < -0.4 is 0 Å². The molecule has 1 fully saturated rings. The van der Waals surface area contributed by atoms with E-state index < -0.39 is 7.68 Å². The molecule has 0 aromatic heterocycles. The SMILES string of the molecule is CCP(=O)(F)OC1CCCCCCC1. The summed E-state index contributed by atoms with van der Waals surface area (Å²) < 4.78 is 29.4. The molecule has 0 aromatic carbocycles. The highest BCUT2D eigenvalue weighted by molar-refractivity contribution is 7.53. The number of hydrogen-bond acceptors (Lipinski definition) is 2. The fourth-order valence-electron chi connectivity index (χ4n) is 1.82. The first-order chi connectivity index (χ1) is 6.64. The van der Waals surface area contributed by atoms with Gasteiger partial charge in [-0.15, -0.1) is 0 Å². The first-order valence-corrected chi connectivity index (χ1v) is 7.31. The quantitative estimate of drug-likeness (QED) is 0.665. The van der Waals surface area contributed by atoms with Gasteiger partial charge in [-0.3, -0.25) is 4.57 Å². The number of rotatable bonds is 3. The van der Waals surface area contributed by atoms with Crippen molar-refractivity contribution < 1.29 is 13.3 Å². The topological polar surface area (TPSA) is 26.3 Å². The molecule has 0 N–H and O–H groups in total. The van der Waals surface area contributed by atoms with Gasteiger partial charge in [-0.2, -0.15) is 4.20 Å². The third-order valence-corrected chi connectivity index (χ3v) is 4.10. The Labute approximate surface area is 85.8 Å². The average molecular weight is 222 g/mol. The van der Waals surface area contributed by atoms with Crippen molar-refractivity contribution in [2.24, 2.45) is 0 Å². The van der Waals surface area contributed by atoms with Gasteiger partial charge in [0.2, 0.25) is 0 Å². The van der Waals surface area contributed by atoms with E-state index in [2.05, 4.69) is 0 Å². The van der Waals surface area contributed by atoms with Crippen LogP contribution in [0.5, 0.6) is 0 Å². The van der Waals surface area contributed by atoms with Crippen molar-refractivity contribution in [2.45, 2.75) is 58.0 Å². The molecule has 1 atom stereocenters. The zero-order valence-corrected chi connectivity index (χ0v) is 9.77. The maximum atomic E-state index is 13.2. The van der Waals surface area contributed by atoms with E-state index in [0.29, 0.717) is 0 Å². The van der Waals surface area contributed by atoms with Gasteiger partial charge in [-0.1, -0.05) is 39.0 Å². The van der Waals surface area contributed by atoms with Crippen LogP contribution in [-0.2, 0) is 9.09 Å². The lowest BCUT2D eigenvalue weighted by Gasteiger charge is -2.21. The highest BCUT2D eigenvalue weighted by Gasteiger charge is 2.24. The minimum atomic E-state index is -3.78. The predicted octanol–water partition coefficient (Wildman–Crippen LogP) is 4.30. The van der Waals surface area contributed by atoms with Gasteiger partial charge in [0.25, 0.3) is 0 Å². The Morgan fingerprint density at radius 3 is 2.21 bits per heavy atom. The van der Waals surface area contributed by atoms with E-state index in [0.717, 1.165) is 25.7 Å². The van der Waals surface area contributed by atoms with Gasteiger partial charge in [-0.25, -0.2) is 0 Å². The molecule has 0 aromatic rings. The van der Waals surface area contributed by atoms with Crippen molar-refractivity contribution in [3.8, 4) is 0 Å². The van der Waals surface area contributed by atoms with Crippen LogP contribution in [-0.4, -0.2) is 12.3 Å². The van der Waals surface area contributed by atoms with Crippen LogP contribution in [0.1, 0.15) is 51.9 Å². The monoisotopic (exact) mass is 222 g/mol. The van der Waals surface area contributed by atoms with E-state index in [1.54, 1.807) is 6.92 Å². The van der Waals surface area contributed by atoms with Crippen molar-refractivity contribution in [1.29, 1.82) is 0 Å². The first kappa shape index (κ1) is 12.2. The summed E-state index contributed by atoms with van der Waals surface area (Å²) >= 11 is 0. The molecular formula is C10H20FO2P. The van der Waals surface area contributed by atoms with Crippen molar-refractivity contribution in [2.75, 3.05) is 6.16 Å². The van der Waals surface area contributed by atoms with Gasteiger partial charge < -0.3 is 4.52 Å². The van der Waals surface area contributed by atoms with E-state index >= 15 is 0 Å². The van der Waals surface area contributed by atoms with Gasteiger partial charge in [-0.05, 0) is 12.8 Å². The molecule has 1 aliphatic rings. The Bertz CT molecular complexity index is 200. The second-order valence-electron chi connectivity index (χ2n) is 3.98. The van der Waals surface area contributed by atoms with Crippen molar-refractivity contribution >= 4 is 7.68 Å². The van der Waals surface area contributed by atoms with Crippen molar-refractivity contribution in [1.82, 2.24) is 0 Å². The standard InChI is InChI=1S/C10H20FO2P/c1-2-14(11,12)13-10-8-6-4-3-5-7-9-10/h10H,2-9H2,1H3. The third kappa shape index (κ3) is 4.56. The predicted molar refractivity (Wildman–Crippen MR) is 56.4 cm³/mol. The fraction of sp³-hybridized carbons (Fsp3) is 1.00. The van der Waals surface area contributed by atoms with Crippen LogP contribution in [0.4, 0.5) is 4.20 Å². The molecule has 0 saturated heterocycles. The average Bonchev–Trinajstić information content (AvgIpc) is 2.10. The van der Waals surface area contributed by atoms with Crippen LogP contribution in [0.2, 0.25) is 0 Å². The fourth-order valence-corrected chi connectivity index (χ4v) is 2.63. The number of halogens is 1. The Kier molecular flexibility index (Phi) is 5.11. The molecule has 0 aliphatic heterocycles. The maximum Gasteiger partial charge on any atom is 0.367 e. The molecule has 84 valence electrons. The molecule has 1 aliphatic carbocycles. The van der Waals surface area contributed by atoms with Crippen LogP contribution in [0.3, 0.4) is 0 Å². The lowest BCUT2D eigenvalue weighted by Crippen LogP contribution is -2.12. The second-order valence-corrected chi connectivity index (χ2v) is 6.00. The minimum Gasteiger partial charge on any atom is -0.302 e. The second kappa shape index (κ2) is 5.87. The summed E-state index contributed by atoms with van der Waals surface area (Å²) in [6.45, 7) is 1.57. The molecule has 0 bridgehead atoms. The summed E-state index contributed by atoms with van der Waals surface area (Å²) in [6.07, 6.45) is 7.46. The smallest absolute Gasteiger partial charge is 0.302 e. The summed E-state index contributed by atoms with van der Waals surface area (Å²) in [5.74, 6) is 0. The lowest BCUT2D eigenvalue weighted by atomic mass is 9.99. The molecule has 14 heavy (non-hydrogen) atoms. The van der Waals surface area contributed by atoms with Crippen LogP contribution in [0.15, 0.2) is 0 Å². The largest absolute Gasteiger partial charge is 0.367 e. The number of hydrogen-bond donors (Lipinski definition) is 0. The van der Waals surface area contributed by atoms with Crippen LogP contribution in [0.25, 0.3) is 0 Å². The Hall–Kier alpha value is 0.120. The molecule has 0 spiro atoms. The molecule has 1 saturated carbocycles. The third-order valence-electron chi connectivity index (χ3n) is 2.74. The van der Waals surface area contributed by atoms with Gasteiger partial charge in [0.05, 0.1) is 12.3 Å².